The van der Waals surface area contributed by atoms with Crippen LogP contribution in [0.4, 0.5) is 0 Å². The van der Waals surface area contributed by atoms with E-state index >= 15 is 0 Å². The van der Waals surface area contributed by atoms with Crippen molar-refractivity contribution in [1.29, 1.82) is 0 Å². The number of quaternary nitrogens is 1. The van der Waals surface area contributed by atoms with Gasteiger partial charge in [-0.25, -0.2) is 4.79 Å². The first kappa shape index (κ1) is 24.5. The summed E-state index contributed by atoms with van der Waals surface area (Å²) in [4.78, 5) is 14.3. The quantitative estimate of drug-likeness (QED) is 0.283. The van der Waals surface area contributed by atoms with E-state index in [1.807, 2.05) is 81.4 Å². The second-order valence-electron chi connectivity index (χ2n) is 10.9. The van der Waals surface area contributed by atoms with Crippen LogP contribution in [0, 0.1) is 0 Å². The molecular formula is C30H40NO4+. The Morgan fingerprint density at radius 2 is 1.37 bits per heavy atom. The van der Waals surface area contributed by atoms with Gasteiger partial charge >= 0.3 is 5.97 Å². The molecule has 3 saturated heterocycles. The minimum atomic E-state index is -1.40. The van der Waals surface area contributed by atoms with Crippen LogP contribution in [-0.4, -0.2) is 54.1 Å². The number of esters is 1. The van der Waals surface area contributed by atoms with E-state index in [-0.39, 0.29) is 18.2 Å². The molecule has 0 aliphatic carbocycles. The molecule has 5 nitrogen and oxygen atoms in total. The summed E-state index contributed by atoms with van der Waals surface area (Å²) in [5.74, 6) is -0.339. The zero-order valence-corrected chi connectivity index (χ0v) is 21.4. The van der Waals surface area contributed by atoms with Crippen LogP contribution in [0.1, 0.15) is 70.4 Å². The summed E-state index contributed by atoms with van der Waals surface area (Å²) in [7, 11) is 0. The third kappa shape index (κ3) is 4.54. The maximum absolute atomic E-state index is 14.3. The molecule has 3 atom stereocenters. The number of ether oxygens (including phenoxy) is 3. The fraction of sp³-hybridized carbons (Fsp3) is 0.567. The van der Waals surface area contributed by atoms with Crippen molar-refractivity contribution >= 4 is 5.97 Å². The van der Waals surface area contributed by atoms with Crippen LogP contribution in [0.25, 0.3) is 0 Å². The van der Waals surface area contributed by atoms with Gasteiger partial charge in [0, 0.05) is 38.5 Å². The largest absolute Gasteiger partial charge is 0.459 e. The zero-order valence-electron chi connectivity index (χ0n) is 21.4. The molecule has 3 heterocycles. The number of piperidine rings is 1. The van der Waals surface area contributed by atoms with Gasteiger partial charge in [0.1, 0.15) is 6.10 Å². The maximum Gasteiger partial charge on any atom is 0.348 e. The molecule has 0 N–H and O–H groups in total. The highest BCUT2D eigenvalue weighted by atomic mass is 16.7. The average Bonchev–Trinajstić information content (AvgIpc) is 3.39. The van der Waals surface area contributed by atoms with Gasteiger partial charge in [0.05, 0.1) is 31.3 Å². The predicted molar refractivity (Wildman–Crippen MR) is 136 cm³/mol. The zero-order chi connectivity index (χ0) is 24.5. The van der Waals surface area contributed by atoms with E-state index in [0.717, 1.165) is 24.0 Å². The van der Waals surface area contributed by atoms with Gasteiger partial charge in [-0.15, -0.1) is 0 Å². The second kappa shape index (κ2) is 10.0. The van der Waals surface area contributed by atoms with Crippen LogP contribution >= 0.6 is 0 Å². The molecule has 0 aromatic heterocycles. The predicted octanol–water partition coefficient (Wildman–Crippen LogP) is 5.57. The number of hydrogen-bond donors (Lipinski definition) is 0. The molecule has 1 spiro atoms. The van der Waals surface area contributed by atoms with Crippen molar-refractivity contribution in [1.82, 2.24) is 0 Å². The highest BCUT2D eigenvalue weighted by Crippen LogP contribution is 2.47. The van der Waals surface area contributed by atoms with Crippen molar-refractivity contribution in [2.75, 3.05) is 13.1 Å². The van der Waals surface area contributed by atoms with Gasteiger partial charge < -0.3 is 18.7 Å². The Bertz CT molecular complexity index is 930. The van der Waals surface area contributed by atoms with Crippen LogP contribution in [0.15, 0.2) is 60.7 Å². The van der Waals surface area contributed by atoms with Crippen molar-refractivity contribution < 1.29 is 23.5 Å². The Labute approximate surface area is 210 Å². The summed E-state index contributed by atoms with van der Waals surface area (Å²) in [6.45, 7) is 8.41. The van der Waals surface area contributed by atoms with E-state index in [0.29, 0.717) is 12.1 Å². The SMILES string of the molecule is CC(C)OC(C)OC(C(=O)OC1CC2CCC(C1)[N+]21CCCC1)(c1ccccc1)c1ccccc1. The van der Waals surface area contributed by atoms with Crippen LogP contribution in [0.3, 0.4) is 0 Å². The summed E-state index contributed by atoms with van der Waals surface area (Å²) in [6, 6.07) is 20.7. The summed E-state index contributed by atoms with van der Waals surface area (Å²) in [6.07, 6.45) is 6.42. The normalized spacial score (nSPS) is 26.2. The Morgan fingerprint density at radius 1 is 0.857 bits per heavy atom. The molecule has 3 fully saturated rings. The van der Waals surface area contributed by atoms with Gasteiger partial charge in [-0.3, -0.25) is 0 Å². The van der Waals surface area contributed by atoms with Crippen molar-refractivity contribution in [3.8, 4) is 0 Å². The van der Waals surface area contributed by atoms with E-state index in [9.17, 15) is 4.79 Å². The average molecular weight is 479 g/mol. The second-order valence-corrected chi connectivity index (χ2v) is 10.9. The first-order chi connectivity index (χ1) is 16.9. The summed E-state index contributed by atoms with van der Waals surface area (Å²) < 4.78 is 20.3. The minimum Gasteiger partial charge on any atom is -0.459 e. The Kier molecular flexibility index (Phi) is 7.02. The number of benzene rings is 2. The lowest BCUT2D eigenvalue weighted by Gasteiger charge is -2.47. The van der Waals surface area contributed by atoms with Crippen molar-refractivity contribution in [2.24, 2.45) is 0 Å². The van der Waals surface area contributed by atoms with Gasteiger partial charge in [-0.1, -0.05) is 60.7 Å². The van der Waals surface area contributed by atoms with Crippen LogP contribution in [0.5, 0.6) is 0 Å². The van der Waals surface area contributed by atoms with Gasteiger partial charge in [0.15, 0.2) is 6.29 Å². The molecule has 2 bridgehead atoms. The number of rotatable bonds is 8. The fourth-order valence-electron chi connectivity index (χ4n) is 7.13. The Morgan fingerprint density at radius 3 is 1.86 bits per heavy atom. The van der Waals surface area contributed by atoms with Gasteiger partial charge in [-0.2, -0.15) is 0 Å². The number of carbonyl (C=O) groups excluding carboxylic acids is 1. The number of hydrogen-bond acceptors (Lipinski definition) is 4. The summed E-state index contributed by atoms with van der Waals surface area (Å²) in [5, 5.41) is 0. The highest BCUT2D eigenvalue weighted by Gasteiger charge is 2.57. The molecular weight excluding hydrogens is 438 g/mol. The molecule has 35 heavy (non-hydrogen) atoms. The smallest absolute Gasteiger partial charge is 0.348 e. The van der Waals surface area contributed by atoms with Gasteiger partial charge in [0.25, 0.3) is 0 Å². The maximum atomic E-state index is 14.3. The third-order valence-electron chi connectivity index (χ3n) is 8.48. The molecule has 3 aliphatic rings. The van der Waals surface area contributed by atoms with Crippen molar-refractivity contribution in [3.05, 3.63) is 71.8 Å². The monoisotopic (exact) mass is 478 g/mol. The van der Waals surface area contributed by atoms with E-state index in [4.69, 9.17) is 14.2 Å². The number of carbonyl (C=O) groups is 1. The first-order valence-corrected chi connectivity index (χ1v) is 13.5. The van der Waals surface area contributed by atoms with Crippen molar-refractivity contribution in [2.45, 2.75) is 95.5 Å². The first-order valence-electron chi connectivity index (χ1n) is 13.5. The molecule has 5 heteroatoms. The molecule has 2 aromatic rings. The lowest BCUT2D eigenvalue weighted by Crippen LogP contribution is -2.60. The van der Waals surface area contributed by atoms with Gasteiger partial charge in [0.2, 0.25) is 5.60 Å². The van der Waals surface area contributed by atoms with E-state index in [1.165, 1.54) is 43.3 Å². The lowest BCUT2D eigenvalue weighted by atomic mass is 9.85. The summed E-state index contributed by atoms with van der Waals surface area (Å²) in [5.41, 5.74) is 0.127. The van der Waals surface area contributed by atoms with Crippen LogP contribution in [0.2, 0.25) is 0 Å². The highest BCUT2D eigenvalue weighted by molar-refractivity contribution is 5.86. The standard InChI is InChI=1S/C30H40NO4/c1-22(2)33-23(3)35-30(24-12-6-4-7-13-24,25-14-8-5-9-15-25)29(32)34-28-20-26-16-17-27(21-28)31(26)18-10-11-19-31/h4-9,12-15,22-23,26-28H,10-11,16-21H2,1-3H3/q+1. The molecule has 3 unspecified atom stereocenters. The molecule has 0 amide bonds. The molecule has 0 saturated carbocycles. The van der Waals surface area contributed by atoms with Crippen LogP contribution in [-0.2, 0) is 24.6 Å². The van der Waals surface area contributed by atoms with Crippen molar-refractivity contribution in [3.63, 3.8) is 0 Å². The molecule has 5 rings (SSSR count). The Balaban J connectivity index is 1.47. The van der Waals surface area contributed by atoms with E-state index in [1.54, 1.807) is 0 Å². The Hall–Kier alpha value is -2.21. The van der Waals surface area contributed by atoms with E-state index < -0.39 is 11.9 Å². The molecule has 3 aliphatic heterocycles. The van der Waals surface area contributed by atoms with Gasteiger partial charge in [-0.05, 0) is 31.9 Å². The summed E-state index contributed by atoms with van der Waals surface area (Å²) >= 11 is 0. The fourth-order valence-corrected chi connectivity index (χ4v) is 7.13. The number of nitrogens with zero attached hydrogens (tertiary/aromatic N) is 1. The topological polar surface area (TPSA) is 44.8 Å². The van der Waals surface area contributed by atoms with E-state index in [2.05, 4.69) is 0 Å². The third-order valence-corrected chi connectivity index (χ3v) is 8.48. The molecule has 2 aromatic carbocycles. The minimum absolute atomic E-state index is 0.0281. The van der Waals surface area contributed by atoms with Crippen LogP contribution < -0.4 is 0 Å². The molecule has 0 radical (unpaired) electrons. The lowest BCUT2D eigenvalue weighted by molar-refractivity contribution is -0.956. The molecule has 188 valence electrons.